The van der Waals surface area contributed by atoms with E-state index in [1.165, 1.54) is 19.3 Å². The van der Waals surface area contributed by atoms with E-state index in [1.807, 2.05) is 24.3 Å². The lowest BCUT2D eigenvalue weighted by Gasteiger charge is -2.17. The van der Waals surface area contributed by atoms with Crippen LogP contribution in [0.1, 0.15) is 24.8 Å². The van der Waals surface area contributed by atoms with Crippen molar-refractivity contribution in [1.29, 1.82) is 0 Å². The lowest BCUT2D eigenvalue weighted by atomic mass is 9.97. The molecule has 0 heterocycles. The lowest BCUT2D eigenvalue weighted by Crippen LogP contribution is -2.15. The summed E-state index contributed by atoms with van der Waals surface area (Å²) in [6.07, 6.45) is 8.49. The van der Waals surface area contributed by atoms with Gasteiger partial charge in [0.15, 0.2) is 5.78 Å². The molecule has 0 saturated heterocycles. The summed E-state index contributed by atoms with van der Waals surface area (Å²) in [7, 11) is 0. The molecule has 1 atom stereocenters. The van der Waals surface area contributed by atoms with Gasteiger partial charge < -0.3 is 10.5 Å². The summed E-state index contributed by atoms with van der Waals surface area (Å²) >= 11 is 0. The normalized spacial score (nSPS) is 18.3. The molecule has 19 heavy (non-hydrogen) atoms. The van der Waals surface area contributed by atoms with E-state index in [-0.39, 0.29) is 12.3 Å². The van der Waals surface area contributed by atoms with Gasteiger partial charge in [-0.1, -0.05) is 24.3 Å². The van der Waals surface area contributed by atoms with Gasteiger partial charge in [-0.2, -0.15) is 0 Å². The number of carbonyl (C=O) groups is 1. The molecule has 0 fully saturated rings. The Balaban J connectivity index is 1.89. The molecule has 102 valence electrons. The minimum absolute atomic E-state index is 0.0485. The van der Waals surface area contributed by atoms with Gasteiger partial charge in [0, 0.05) is 12.3 Å². The predicted molar refractivity (Wildman–Crippen MR) is 76.2 cm³/mol. The molecule has 2 N–H and O–H groups in total. The third-order valence-electron chi connectivity index (χ3n) is 3.35. The van der Waals surface area contributed by atoms with Crippen molar-refractivity contribution in [1.82, 2.24) is 0 Å². The number of nitrogens with two attached hydrogens (primary N) is 1. The molecule has 1 aromatic carbocycles. The van der Waals surface area contributed by atoms with Crippen LogP contribution in [0.2, 0.25) is 0 Å². The van der Waals surface area contributed by atoms with E-state index in [2.05, 4.69) is 12.2 Å². The number of rotatable bonds is 6. The zero-order chi connectivity index (χ0) is 13.5. The number of hydrogen-bond acceptors (Lipinski definition) is 3. The first kappa shape index (κ1) is 13.8. The van der Waals surface area contributed by atoms with Crippen molar-refractivity contribution in [2.24, 2.45) is 11.7 Å². The zero-order valence-electron chi connectivity index (χ0n) is 11.2. The largest absolute Gasteiger partial charge is 0.493 e. The summed E-state index contributed by atoms with van der Waals surface area (Å²) in [5.41, 5.74) is 6.29. The van der Waals surface area contributed by atoms with Crippen molar-refractivity contribution in [3.8, 4) is 5.75 Å². The van der Waals surface area contributed by atoms with E-state index in [1.54, 1.807) is 0 Å². The molecule has 0 aliphatic heterocycles. The molecule has 0 aromatic heterocycles. The molecule has 0 amide bonds. The molecule has 0 spiro atoms. The average molecular weight is 259 g/mol. The average Bonchev–Trinajstić information content (AvgIpc) is 2.46. The van der Waals surface area contributed by atoms with Gasteiger partial charge in [-0.05, 0) is 37.0 Å². The summed E-state index contributed by atoms with van der Waals surface area (Å²) < 4.78 is 5.81. The summed E-state index contributed by atoms with van der Waals surface area (Å²) in [5.74, 6) is 1.40. The van der Waals surface area contributed by atoms with Crippen molar-refractivity contribution in [3.05, 3.63) is 42.0 Å². The number of benzene rings is 1. The summed E-state index contributed by atoms with van der Waals surface area (Å²) in [6.45, 7) is 0.808. The fraction of sp³-hybridized carbons (Fsp3) is 0.438. The standard InChI is InChI=1S/C16H21NO2/c17-11-15(18)9-14-7-4-8-16(10-14)19-12-13-5-2-1-3-6-13/h2,4-5,7-8,10,13H,1,3,6,9,11-12,17H2. The molecule has 0 saturated carbocycles. The Morgan fingerprint density at radius 1 is 1.42 bits per heavy atom. The molecular weight excluding hydrogens is 238 g/mol. The van der Waals surface area contributed by atoms with Crippen LogP contribution in [0.4, 0.5) is 0 Å². The van der Waals surface area contributed by atoms with Crippen molar-refractivity contribution in [2.45, 2.75) is 25.7 Å². The number of ketones is 1. The van der Waals surface area contributed by atoms with Crippen LogP contribution in [0.3, 0.4) is 0 Å². The van der Waals surface area contributed by atoms with Gasteiger partial charge >= 0.3 is 0 Å². The Kier molecular flexibility index (Phi) is 5.16. The van der Waals surface area contributed by atoms with E-state index in [4.69, 9.17) is 10.5 Å². The Morgan fingerprint density at radius 2 is 2.32 bits per heavy atom. The lowest BCUT2D eigenvalue weighted by molar-refractivity contribution is -0.117. The van der Waals surface area contributed by atoms with Gasteiger partial charge in [-0.15, -0.1) is 0 Å². The molecule has 1 aromatic rings. The molecule has 2 rings (SSSR count). The monoisotopic (exact) mass is 259 g/mol. The predicted octanol–water partition coefficient (Wildman–Crippen LogP) is 2.49. The van der Waals surface area contributed by atoms with Gasteiger partial charge in [0.2, 0.25) is 0 Å². The molecular formula is C16H21NO2. The van der Waals surface area contributed by atoms with Crippen molar-refractivity contribution < 1.29 is 9.53 Å². The Labute approximate surface area is 114 Å². The van der Waals surface area contributed by atoms with E-state index >= 15 is 0 Å². The Morgan fingerprint density at radius 3 is 3.05 bits per heavy atom. The first-order chi connectivity index (χ1) is 9.28. The summed E-state index contributed by atoms with van der Waals surface area (Å²) in [6, 6.07) is 7.72. The van der Waals surface area contributed by atoms with Gasteiger partial charge in [-0.3, -0.25) is 4.79 Å². The number of Topliss-reactive ketones (excluding diaryl/α,β-unsaturated/α-hetero) is 1. The highest BCUT2D eigenvalue weighted by Crippen LogP contribution is 2.20. The highest BCUT2D eigenvalue weighted by atomic mass is 16.5. The van der Waals surface area contributed by atoms with Gasteiger partial charge in [-0.25, -0.2) is 0 Å². The summed E-state index contributed by atoms with van der Waals surface area (Å²) in [5, 5.41) is 0. The molecule has 3 nitrogen and oxygen atoms in total. The third-order valence-corrected chi connectivity index (χ3v) is 3.35. The topological polar surface area (TPSA) is 52.3 Å². The zero-order valence-corrected chi connectivity index (χ0v) is 11.2. The fourth-order valence-electron chi connectivity index (χ4n) is 2.27. The van der Waals surface area contributed by atoms with Crippen molar-refractivity contribution >= 4 is 5.78 Å². The molecule has 0 radical (unpaired) electrons. The van der Waals surface area contributed by atoms with E-state index in [9.17, 15) is 4.79 Å². The van der Waals surface area contributed by atoms with Crippen LogP contribution in [0.25, 0.3) is 0 Å². The number of ether oxygens (including phenoxy) is 1. The molecule has 1 aliphatic carbocycles. The second-order valence-electron chi connectivity index (χ2n) is 5.00. The third kappa shape index (κ3) is 4.52. The van der Waals surface area contributed by atoms with Crippen LogP contribution >= 0.6 is 0 Å². The molecule has 1 aliphatic rings. The van der Waals surface area contributed by atoms with Gasteiger partial charge in [0.05, 0.1) is 13.2 Å². The first-order valence-corrected chi connectivity index (χ1v) is 6.88. The van der Waals surface area contributed by atoms with E-state index in [0.29, 0.717) is 18.9 Å². The number of carbonyl (C=O) groups excluding carboxylic acids is 1. The van der Waals surface area contributed by atoms with Crippen LogP contribution < -0.4 is 10.5 Å². The highest BCUT2D eigenvalue weighted by Gasteiger charge is 2.09. The van der Waals surface area contributed by atoms with Crippen LogP contribution in [0.15, 0.2) is 36.4 Å². The second-order valence-corrected chi connectivity index (χ2v) is 5.00. The highest BCUT2D eigenvalue weighted by molar-refractivity contribution is 5.82. The Hall–Kier alpha value is -1.61. The number of allylic oxidation sites excluding steroid dienone is 1. The quantitative estimate of drug-likeness (QED) is 0.799. The number of hydrogen-bond donors (Lipinski definition) is 1. The maximum Gasteiger partial charge on any atom is 0.150 e. The van der Waals surface area contributed by atoms with E-state index < -0.39 is 0 Å². The molecule has 3 heteroatoms. The van der Waals surface area contributed by atoms with Crippen molar-refractivity contribution in [3.63, 3.8) is 0 Å². The molecule has 0 bridgehead atoms. The second kappa shape index (κ2) is 7.10. The van der Waals surface area contributed by atoms with Crippen LogP contribution in [-0.4, -0.2) is 18.9 Å². The minimum Gasteiger partial charge on any atom is -0.493 e. The van der Waals surface area contributed by atoms with Crippen molar-refractivity contribution in [2.75, 3.05) is 13.2 Å². The Bertz CT molecular complexity index is 454. The van der Waals surface area contributed by atoms with Gasteiger partial charge in [0.1, 0.15) is 5.75 Å². The van der Waals surface area contributed by atoms with Crippen LogP contribution in [0.5, 0.6) is 5.75 Å². The van der Waals surface area contributed by atoms with Gasteiger partial charge in [0.25, 0.3) is 0 Å². The smallest absolute Gasteiger partial charge is 0.150 e. The van der Waals surface area contributed by atoms with E-state index in [0.717, 1.165) is 11.3 Å². The SMILES string of the molecule is NCC(=O)Cc1cccc(OCC2C=CCCC2)c1. The maximum atomic E-state index is 11.3. The summed E-state index contributed by atoms with van der Waals surface area (Å²) in [4.78, 5) is 11.3. The minimum atomic E-state index is 0.0485. The fourth-order valence-corrected chi connectivity index (χ4v) is 2.27. The van der Waals surface area contributed by atoms with Crippen LogP contribution in [0, 0.1) is 5.92 Å². The van der Waals surface area contributed by atoms with Crippen LogP contribution in [-0.2, 0) is 11.2 Å². The molecule has 1 unspecified atom stereocenters. The maximum absolute atomic E-state index is 11.3. The first-order valence-electron chi connectivity index (χ1n) is 6.88.